The minimum Gasteiger partial charge on any atom is -0.489 e. The Hall–Kier alpha value is -2.77. The Morgan fingerprint density at radius 1 is 1.36 bits per heavy atom. The van der Waals surface area contributed by atoms with Crippen molar-refractivity contribution in [2.75, 3.05) is 19.7 Å². The number of amides is 1. The first-order chi connectivity index (χ1) is 13.4. The highest BCUT2D eigenvalue weighted by atomic mass is 16.5. The van der Waals surface area contributed by atoms with Gasteiger partial charge in [0.25, 0.3) is 0 Å². The zero-order valence-corrected chi connectivity index (χ0v) is 16.6. The van der Waals surface area contributed by atoms with Crippen LogP contribution in [-0.4, -0.2) is 63.4 Å². The van der Waals surface area contributed by atoms with E-state index in [4.69, 9.17) is 4.74 Å². The number of fused-ring (bicyclic) bond motifs is 1. The molecular weight excluding hydrogens is 360 g/mol. The number of carbonyl (C=O) groups is 2. The van der Waals surface area contributed by atoms with E-state index in [1.165, 1.54) is 0 Å². The summed E-state index contributed by atoms with van der Waals surface area (Å²) in [5, 5.41) is 9.59. The van der Waals surface area contributed by atoms with E-state index in [0.29, 0.717) is 18.3 Å². The number of ether oxygens (including phenoxy) is 1. The maximum absolute atomic E-state index is 12.8. The van der Waals surface area contributed by atoms with Crippen LogP contribution in [0.4, 0.5) is 0 Å². The van der Waals surface area contributed by atoms with Crippen LogP contribution in [0.25, 0.3) is 0 Å². The fraction of sp³-hybridized carbons (Fsp3) is 0.550. The first-order valence-corrected chi connectivity index (χ1v) is 9.86. The molecule has 0 aromatic rings. The number of hydrogen-bond acceptors (Lipinski definition) is 6. The van der Waals surface area contributed by atoms with Gasteiger partial charge in [0.1, 0.15) is 6.54 Å². The molecule has 0 spiro atoms. The normalized spacial score (nSPS) is 21.8. The summed E-state index contributed by atoms with van der Waals surface area (Å²) in [6.45, 7) is 9.36. The number of unbranched alkanes of at least 4 members (excludes halogenated alkanes) is 1. The first kappa shape index (κ1) is 20.0. The number of carboxylic acids is 1. The Balaban J connectivity index is 1.79. The lowest BCUT2D eigenvalue weighted by Crippen LogP contribution is -2.48. The number of carboxylic acid groups (broad SMARTS) is 1. The van der Waals surface area contributed by atoms with Crippen molar-refractivity contribution >= 4 is 17.8 Å². The van der Waals surface area contributed by atoms with Crippen molar-refractivity contribution in [3.8, 4) is 0 Å². The molecule has 1 amide bonds. The Bertz CT molecular complexity index is 755. The Morgan fingerprint density at radius 3 is 2.82 bits per heavy atom. The second-order valence-electron chi connectivity index (χ2n) is 7.27. The third kappa shape index (κ3) is 3.90. The SMILES string of the molecule is C=C1C(OCCCC)=C(C(=O)O)N=C2N(CC(=O)N3CCCCC3C)C=CN12. The van der Waals surface area contributed by atoms with Crippen molar-refractivity contribution in [2.24, 2.45) is 4.99 Å². The van der Waals surface area contributed by atoms with Gasteiger partial charge in [-0.25, -0.2) is 9.79 Å². The molecule has 0 aliphatic carbocycles. The Labute approximate surface area is 165 Å². The van der Waals surface area contributed by atoms with E-state index in [1.54, 1.807) is 22.2 Å². The molecule has 0 aromatic carbocycles. The predicted molar refractivity (Wildman–Crippen MR) is 105 cm³/mol. The van der Waals surface area contributed by atoms with Crippen LogP contribution in [0.1, 0.15) is 46.0 Å². The second-order valence-corrected chi connectivity index (χ2v) is 7.27. The van der Waals surface area contributed by atoms with Crippen LogP contribution < -0.4 is 0 Å². The van der Waals surface area contributed by atoms with Crippen LogP contribution in [0.15, 0.2) is 41.1 Å². The van der Waals surface area contributed by atoms with E-state index in [2.05, 4.69) is 18.5 Å². The van der Waals surface area contributed by atoms with E-state index in [0.717, 1.165) is 38.6 Å². The molecule has 1 atom stereocenters. The van der Waals surface area contributed by atoms with Gasteiger partial charge in [-0.3, -0.25) is 9.69 Å². The molecule has 0 saturated carbocycles. The summed E-state index contributed by atoms with van der Waals surface area (Å²) in [6, 6.07) is 0.222. The molecule has 1 fully saturated rings. The number of guanidine groups is 1. The van der Waals surface area contributed by atoms with Crippen LogP contribution in [0.3, 0.4) is 0 Å². The molecule has 1 saturated heterocycles. The average Bonchev–Trinajstić information content (AvgIpc) is 3.06. The summed E-state index contributed by atoms with van der Waals surface area (Å²) in [5.74, 6) is -0.629. The maximum atomic E-state index is 12.8. The van der Waals surface area contributed by atoms with E-state index in [1.807, 2.05) is 11.8 Å². The predicted octanol–water partition coefficient (Wildman–Crippen LogP) is 2.47. The number of carbonyl (C=O) groups excluding carboxylic acids is 1. The summed E-state index contributed by atoms with van der Waals surface area (Å²) < 4.78 is 5.67. The number of nitrogens with zero attached hydrogens (tertiary/aromatic N) is 4. The first-order valence-electron chi connectivity index (χ1n) is 9.86. The van der Waals surface area contributed by atoms with Crippen LogP contribution in [-0.2, 0) is 14.3 Å². The number of hydrogen-bond donors (Lipinski definition) is 1. The molecule has 8 nitrogen and oxygen atoms in total. The number of aliphatic imine (C=N–C) groups is 1. The highest BCUT2D eigenvalue weighted by molar-refractivity contribution is 5.98. The topological polar surface area (TPSA) is 85.7 Å². The van der Waals surface area contributed by atoms with Crippen molar-refractivity contribution in [1.29, 1.82) is 0 Å². The highest BCUT2D eigenvalue weighted by Crippen LogP contribution is 2.30. The summed E-state index contributed by atoms with van der Waals surface area (Å²) in [5.41, 5.74) is 0.232. The molecule has 3 aliphatic rings. The fourth-order valence-electron chi connectivity index (χ4n) is 3.59. The second kappa shape index (κ2) is 8.50. The lowest BCUT2D eigenvalue weighted by molar-refractivity contribution is -0.134. The maximum Gasteiger partial charge on any atom is 0.358 e. The number of likely N-dealkylation sites (tertiary alicyclic amines) is 1. The minimum absolute atomic E-state index is 0.0119. The number of piperidine rings is 1. The number of aliphatic carboxylic acids is 1. The van der Waals surface area contributed by atoms with E-state index >= 15 is 0 Å². The molecule has 0 radical (unpaired) electrons. The van der Waals surface area contributed by atoms with Gasteiger partial charge in [-0.1, -0.05) is 19.9 Å². The van der Waals surface area contributed by atoms with Gasteiger partial charge in [0.05, 0.1) is 12.3 Å². The summed E-state index contributed by atoms with van der Waals surface area (Å²) in [6.07, 6.45) is 8.37. The zero-order chi connectivity index (χ0) is 20.3. The minimum atomic E-state index is -1.18. The molecule has 8 heteroatoms. The molecule has 28 heavy (non-hydrogen) atoms. The van der Waals surface area contributed by atoms with E-state index in [9.17, 15) is 14.7 Å². The van der Waals surface area contributed by atoms with Crippen LogP contribution in [0, 0.1) is 0 Å². The van der Waals surface area contributed by atoms with E-state index in [-0.39, 0.29) is 29.9 Å². The van der Waals surface area contributed by atoms with Crippen LogP contribution in [0.2, 0.25) is 0 Å². The third-order valence-corrected chi connectivity index (χ3v) is 5.22. The summed E-state index contributed by atoms with van der Waals surface area (Å²) >= 11 is 0. The quantitative estimate of drug-likeness (QED) is 0.675. The van der Waals surface area contributed by atoms with Crippen LogP contribution in [0.5, 0.6) is 0 Å². The van der Waals surface area contributed by atoms with Gasteiger partial charge < -0.3 is 19.6 Å². The van der Waals surface area contributed by atoms with Gasteiger partial charge in [-0.2, -0.15) is 0 Å². The third-order valence-electron chi connectivity index (χ3n) is 5.22. The van der Waals surface area contributed by atoms with Crippen molar-refractivity contribution in [3.05, 3.63) is 36.1 Å². The standard InChI is InChI=1S/C20H28N4O4/c1-4-5-12-28-18-15(3)24-11-10-22(20(24)21-17(18)19(26)27)13-16(25)23-9-7-6-8-14(23)2/h10-11,14H,3-9,12-13H2,1-2H3,(H,26,27). The van der Waals surface area contributed by atoms with Crippen molar-refractivity contribution in [3.63, 3.8) is 0 Å². The molecular formula is C20H28N4O4. The highest BCUT2D eigenvalue weighted by Gasteiger charge is 2.36. The lowest BCUT2D eigenvalue weighted by Gasteiger charge is -2.35. The molecule has 0 bridgehead atoms. The molecule has 0 aromatic heterocycles. The average molecular weight is 388 g/mol. The van der Waals surface area contributed by atoms with Crippen LogP contribution >= 0.6 is 0 Å². The van der Waals surface area contributed by atoms with Gasteiger partial charge >= 0.3 is 5.97 Å². The molecule has 1 unspecified atom stereocenters. The molecule has 1 N–H and O–H groups in total. The van der Waals surface area contributed by atoms with Crippen molar-refractivity contribution in [2.45, 2.75) is 52.0 Å². The van der Waals surface area contributed by atoms with Gasteiger partial charge in [0, 0.05) is 25.0 Å². The number of rotatable bonds is 7. The monoisotopic (exact) mass is 388 g/mol. The summed E-state index contributed by atoms with van der Waals surface area (Å²) in [7, 11) is 0. The molecule has 152 valence electrons. The van der Waals surface area contributed by atoms with Gasteiger partial charge in [-0.05, 0) is 32.6 Å². The van der Waals surface area contributed by atoms with Gasteiger partial charge in [0.15, 0.2) is 11.5 Å². The smallest absolute Gasteiger partial charge is 0.358 e. The van der Waals surface area contributed by atoms with E-state index < -0.39 is 5.97 Å². The Kier molecular flexibility index (Phi) is 6.06. The van der Waals surface area contributed by atoms with Crippen molar-refractivity contribution in [1.82, 2.24) is 14.7 Å². The van der Waals surface area contributed by atoms with Gasteiger partial charge in [0.2, 0.25) is 11.9 Å². The molecule has 3 aliphatic heterocycles. The molecule has 3 heterocycles. The molecule has 3 rings (SSSR count). The lowest BCUT2D eigenvalue weighted by atomic mass is 10.0. The Morgan fingerprint density at radius 2 is 2.14 bits per heavy atom. The summed E-state index contributed by atoms with van der Waals surface area (Å²) in [4.78, 5) is 34.0. The zero-order valence-electron chi connectivity index (χ0n) is 16.6. The van der Waals surface area contributed by atoms with Crippen molar-refractivity contribution < 1.29 is 19.4 Å². The van der Waals surface area contributed by atoms with Gasteiger partial charge in [-0.15, -0.1) is 0 Å². The largest absolute Gasteiger partial charge is 0.489 e. The fourth-order valence-corrected chi connectivity index (χ4v) is 3.59.